The Morgan fingerprint density at radius 1 is 1.22 bits per heavy atom. The molecule has 2 rings (SSSR count). The van der Waals surface area contributed by atoms with Crippen molar-refractivity contribution >= 4 is 23.0 Å². The fourth-order valence-electron chi connectivity index (χ4n) is 1.90. The Morgan fingerprint density at radius 3 is 2.61 bits per heavy atom. The van der Waals surface area contributed by atoms with Gasteiger partial charge in [-0.3, -0.25) is 4.79 Å². The van der Waals surface area contributed by atoms with Crippen molar-refractivity contribution in [2.24, 2.45) is 0 Å². The van der Waals surface area contributed by atoms with Crippen LogP contribution in [0.15, 0.2) is 42.5 Å². The van der Waals surface area contributed by atoms with Crippen LogP contribution in [0.2, 0.25) is 0 Å². The van der Waals surface area contributed by atoms with Crippen molar-refractivity contribution in [1.82, 2.24) is 0 Å². The summed E-state index contributed by atoms with van der Waals surface area (Å²) in [6.45, 7) is 2.00. The van der Waals surface area contributed by atoms with E-state index in [2.05, 4.69) is 0 Å². The molecule has 1 unspecified atom stereocenters. The monoisotopic (exact) mass is 242 g/mol. The van der Waals surface area contributed by atoms with Crippen LogP contribution >= 0.6 is 0 Å². The van der Waals surface area contributed by atoms with E-state index in [1.807, 2.05) is 36.4 Å². The molecule has 0 bridgehead atoms. The van der Waals surface area contributed by atoms with E-state index in [0.29, 0.717) is 11.8 Å². The van der Waals surface area contributed by atoms with E-state index in [1.54, 1.807) is 13.0 Å². The van der Waals surface area contributed by atoms with Crippen LogP contribution in [-0.2, 0) is 14.3 Å². The Morgan fingerprint density at radius 2 is 1.94 bits per heavy atom. The molecule has 3 nitrogen and oxygen atoms in total. The van der Waals surface area contributed by atoms with Crippen LogP contribution in [0.4, 0.5) is 0 Å². The molecule has 2 aromatic carbocycles. The Labute approximate surface area is 105 Å². The lowest BCUT2D eigenvalue weighted by molar-refractivity contribution is -0.146. The first-order chi connectivity index (χ1) is 8.76. The van der Waals surface area contributed by atoms with Crippen molar-refractivity contribution in [2.45, 2.75) is 12.8 Å². The molecular weight excluding hydrogens is 228 g/mol. The van der Waals surface area contributed by atoms with Gasteiger partial charge in [0, 0.05) is 0 Å². The molecule has 0 heterocycles. The van der Waals surface area contributed by atoms with Gasteiger partial charge in [-0.25, -0.2) is 0 Å². The number of hydrogen-bond acceptors (Lipinski definition) is 3. The third-order valence-electron chi connectivity index (χ3n) is 2.81. The molecule has 92 valence electrons. The van der Waals surface area contributed by atoms with Crippen molar-refractivity contribution in [1.29, 1.82) is 0 Å². The van der Waals surface area contributed by atoms with E-state index in [9.17, 15) is 9.59 Å². The number of rotatable bonds is 4. The topological polar surface area (TPSA) is 43.4 Å². The second-order valence-electron chi connectivity index (χ2n) is 3.97. The fourth-order valence-corrected chi connectivity index (χ4v) is 1.90. The largest absolute Gasteiger partial charge is 0.465 e. The Bertz CT molecular complexity index is 575. The first-order valence-electron chi connectivity index (χ1n) is 5.87. The smallest absolute Gasteiger partial charge is 0.320 e. The van der Waals surface area contributed by atoms with Gasteiger partial charge in [0.15, 0.2) is 0 Å². The summed E-state index contributed by atoms with van der Waals surface area (Å²) in [5.41, 5.74) is 0.669. The zero-order valence-electron chi connectivity index (χ0n) is 10.1. The van der Waals surface area contributed by atoms with Gasteiger partial charge in [-0.15, -0.1) is 0 Å². The minimum Gasteiger partial charge on any atom is -0.465 e. The highest BCUT2D eigenvalue weighted by atomic mass is 16.5. The molecular formula is C15H14O3. The summed E-state index contributed by atoms with van der Waals surface area (Å²) in [5, 5.41) is 2.08. The highest BCUT2D eigenvalue weighted by Gasteiger charge is 2.21. The summed E-state index contributed by atoms with van der Waals surface area (Å²) in [4.78, 5) is 22.7. The lowest BCUT2D eigenvalue weighted by Crippen LogP contribution is -2.17. The third kappa shape index (κ3) is 2.40. The molecule has 0 aliphatic rings. The van der Waals surface area contributed by atoms with Crippen LogP contribution in [0.25, 0.3) is 10.8 Å². The molecule has 0 aliphatic carbocycles. The van der Waals surface area contributed by atoms with Crippen molar-refractivity contribution in [3.05, 3.63) is 48.0 Å². The second kappa shape index (κ2) is 5.45. The quantitative estimate of drug-likeness (QED) is 0.470. The first kappa shape index (κ1) is 12.3. The van der Waals surface area contributed by atoms with Gasteiger partial charge < -0.3 is 9.53 Å². The molecule has 0 radical (unpaired) electrons. The summed E-state index contributed by atoms with van der Waals surface area (Å²) in [6, 6.07) is 13.4. The van der Waals surface area contributed by atoms with Crippen LogP contribution < -0.4 is 0 Å². The molecule has 0 spiro atoms. The third-order valence-corrected chi connectivity index (χ3v) is 2.81. The van der Waals surface area contributed by atoms with E-state index in [1.165, 1.54) is 0 Å². The van der Waals surface area contributed by atoms with Gasteiger partial charge in [-0.2, -0.15) is 0 Å². The van der Waals surface area contributed by atoms with Crippen molar-refractivity contribution in [3.63, 3.8) is 0 Å². The van der Waals surface area contributed by atoms with Gasteiger partial charge in [0.25, 0.3) is 0 Å². The molecule has 0 fully saturated rings. The normalized spacial score (nSPS) is 12.1. The average Bonchev–Trinajstić information content (AvgIpc) is 2.40. The molecule has 3 heteroatoms. The molecule has 0 aliphatic heterocycles. The number of fused-ring (bicyclic) bond motifs is 1. The number of carbonyl (C=O) groups excluding carboxylic acids is 2. The maximum absolute atomic E-state index is 11.7. The number of benzene rings is 2. The predicted octanol–water partition coefficient (Wildman–Crippen LogP) is 2.69. The molecule has 0 amide bonds. The molecule has 0 saturated carbocycles. The zero-order valence-corrected chi connectivity index (χ0v) is 10.1. The molecule has 18 heavy (non-hydrogen) atoms. The van der Waals surface area contributed by atoms with Crippen LogP contribution in [-0.4, -0.2) is 18.9 Å². The van der Waals surface area contributed by atoms with Gasteiger partial charge in [0.1, 0.15) is 12.2 Å². The standard InChI is InChI=1S/C15H14O3/c1-2-18-15(17)14(10-16)13-8-7-11-5-3-4-6-12(11)9-13/h3-10,14H,2H2,1H3. The van der Waals surface area contributed by atoms with E-state index in [0.717, 1.165) is 10.8 Å². The summed E-state index contributed by atoms with van der Waals surface area (Å²) < 4.78 is 4.89. The van der Waals surface area contributed by atoms with E-state index in [4.69, 9.17) is 4.74 Å². The molecule has 0 aromatic heterocycles. The van der Waals surface area contributed by atoms with Crippen molar-refractivity contribution < 1.29 is 14.3 Å². The summed E-state index contributed by atoms with van der Waals surface area (Å²) in [6.07, 6.45) is 0.627. The number of hydrogen-bond donors (Lipinski definition) is 0. The maximum atomic E-state index is 11.7. The van der Waals surface area contributed by atoms with Crippen molar-refractivity contribution in [3.8, 4) is 0 Å². The van der Waals surface area contributed by atoms with Gasteiger partial charge in [0.05, 0.1) is 6.61 Å². The minimum absolute atomic E-state index is 0.275. The van der Waals surface area contributed by atoms with Gasteiger partial charge in [0.2, 0.25) is 0 Å². The Balaban J connectivity index is 2.39. The van der Waals surface area contributed by atoms with E-state index < -0.39 is 11.9 Å². The van der Waals surface area contributed by atoms with Crippen molar-refractivity contribution in [2.75, 3.05) is 6.61 Å². The number of esters is 1. The van der Waals surface area contributed by atoms with Crippen LogP contribution in [0.3, 0.4) is 0 Å². The molecule has 0 saturated heterocycles. The summed E-state index contributed by atoms with van der Waals surface area (Å²) in [5.74, 6) is -1.34. The SMILES string of the molecule is CCOC(=O)C(C=O)c1ccc2ccccc2c1. The summed E-state index contributed by atoms with van der Waals surface area (Å²) in [7, 11) is 0. The highest BCUT2D eigenvalue weighted by Crippen LogP contribution is 2.21. The summed E-state index contributed by atoms with van der Waals surface area (Å²) >= 11 is 0. The second-order valence-corrected chi connectivity index (χ2v) is 3.97. The van der Waals surface area contributed by atoms with Crippen LogP contribution in [0.5, 0.6) is 0 Å². The lowest BCUT2D eigenvalue weighted by Gasteiger charge is -2.10. The predicted molar refractivity (Wildman–Crippen MR) is 69.4 cm³/mol. The maximum Gasteiger partial charge on any atom is 0.320 e. The van der Waals surface area contributed by atoms with E-state index in [-0.39, 0.29) is 6.61 Å². The van der Waals surface area contributed by atoms with E-state index >= 15 is 0 Å². The average molecular weight is 242 g/mol. The number of aldehydes is 1. The van der Waals surface area contributed by atoms with Crippen LogP contribution in [0.1, 0.15) is 18.4 Å². The van der Waals surface area contributed by atoms with Crippen LogP contribution in [0, 0.1) is 0 Å². The highest BCUT2D eigenvalue weighted by molar-refractivity contribution is 5.95. The molecule has 1 atom stereocenters. The molecule has 0 N–H and O–H groups in total. The minimum atomic E-state index is -0.838. The Hall–Kier alpha value is -2.16. The number of ether oxygens (including phenoxy) is 1. The Kier molecular flexibility index (Phi) is 3.72. The lowest BCUT2D eigenvalue weighted by atomic mass is 9.97. The number of carbonyl (C=O) groups is 2. The molecule has 2 aromatic rings. The zero-order chi connectivity index (χ0) is 13.0. The van der Waals surface area contributed by atoms with Gasteiger partial charge in [-0.1, -0.05) is 36.4 Å². The van der Waals surface area contributed by atoms with Gasteiger partial charge in [-0.05, 0) is 29.3 Å². The van der Waals surface area contributed by atoms with Gasteiger partial charge >= 0.3 is 5.97 Å². The first-order valence-corrected chi connectivity index (χ1v) is 5.87. The fraction of sp³-hybridized carbons (Fsp3) is 0.200.